The lowest BCUT2D eigenvalue weighted by Gasteiger charge is -2.38. The minimum atomic E-state index is -0.580. The van der Waals surface area contributed by atoms with Gasteiger partial charge in [0.25, 0.3) is 0 Å². The Kier molecular flexibility index (Phi) is 5.96. The normalized spacial score (nSPS) is 16.9. The monoisotopic (exact) mass is 427 g/mol. The maximum Gasteiger partial charge on any atom is 0.249 e. The molecule has 31 heavy (non-hydrogen) atoms. The number of carbonyl (C=O) groups excluding carboxylic acids is 1. The van der Waals surface area contributed by atoms with Crippen LogP contribution >= 0.6 is 0 Å². The summed E-state index contributed by atoms with van der Waals surface area (Å²) in [6, 6.07) is 7.64. The van der Waals surface area contributed by atoms with Gasteiger partial charge >= 0.3 is 0 Å². The van der Waals surface area contributed by atoms with Gasteiger partial charge in [-0.05, 0) is 68.6 Å². The van der Waals surface area contributed by atoms with Crippen LogP contribution in [0.1, 0.15) is 41.8 Å². The van der Waals surface area contributed by atoms with Gasteiger partial charge in [0.05, 0.1) is 0 Å². The zero-order valence-corrected chi connectivity index (χ0v) is 17.8. The average Bonchev–Trinajstić information content (AvgIpc) is 3.14. The fourth-order valence-electron chi connectivity index (χ4n) is 4.69. The Labute approximate surface area is 180 Å². The third-order valence-corrected chi connectivity index (χ3v) is 6.30. The molecule has 0 radical (unpaired) electrons. The number of nitrogens with one attached hydrogen (secondary N) is 1. The highest BCUT2D eigenvalue weighted by Gasteiger charge is 2.31. The predicted molar refractivity (Wildman–Crippen MR) is 116 cm³/mol. The van der Waals surface area contributed by atoms with Crippen LogP contribution in [0.5, 0.6) is 5.75 Å². The van der Waals surface area contributed by atoms with Gasteiger partial charge in [0.2, 0.25) is 5.91 Å². The molecular formula is C24H27F2N3O2. The van der Waals surface area contributed by atoms with Gasteiger partial charge in [-0.1, -0.05) is 6.92 Å². The van der Waals surface area contributed by atoms with Crippen molar-refractivity contribution in [2.45, 2.75) is 45.2 Å². The molecule has 0 saturated carbocycles. The largest absolute Gasteiger partial charge is 0.489 e. The van der Waals surface area contributed by atoms with Crippen LogP contribution in [0.15, 0.2) is 36.5 Å². The summed E-state index contributed by atoms with van der Waals surface area (Å²) in [6.07, 6.45) is 4.11. The number of primary amides is 1. The Hall–Kier alpha value is -2.93. The topological polar surface area (TPSA) is 71.3 Å². The predicted octanol–water partition coefficient (Wildman–Crippen LogP) is 4.19. The summed E-state index contributed by atoms with van der Waals surface area (Å²) in [5.74, 6) is -1.16. The molecule has 2 aromatic carbocycles. The number of amides is 1. The van der Waals surface area contributed by atoms with Crippen LogP contribution < -0.4 is 10.5 Å². The summed E-state index contributed by atoms with van der Waals surface area (Å²) < 4.78 is 33.6. The molecule has 0 aliphatic carbocycles. The van der Waals surface area contributed by atoms with E-state index in [-0.39, 0.29) is 23.7 Å². The van der Waals surface area contributed by atoms with Crippen molar-refractivity contribution in [3.05, 3.63) is 64.9 Å². The van der Waals surface area contributed by atoms with Gasteiger partial charge in [-0.2, -0.15) is 0 Å². The molecule has 3 aromatic rings. The third kappa shape index (κ3) is 4.14. The lowest BCUT2D eigenvalue weighted by Crippen LogP contribution is -2.48. The van der Waals surface area contributed by atoms with Crippen molar-refractivity contribution in [3.63, 3.8) is 0 Å². The highest BCUT2D eigenvalue weighted by atomic mass is 19.1. The van der Waals surface area contributed by atoms with Gasteiger partial charge in [-0.3, -0.25) is 9.69 Å². The number of halogens is 2. The second-order valence-electron chi connectivity index (χ2n) is 8.16. The van der Waals surface area contributed by atoms with E-state index in [1.54, 1.807) is 12.1 Å². The van der Waals surface area contributed by atoms with Gasteiger partial charge in [-0.25, -0.2) is 8.78 Å². The van der Waals surface area contributed by atoms with Crippen molar-refractivity contribution in [2.75, 3.05) is 13.2 Å². The number of H-pyrrole nitrogens is 1. The molecule has 1 aliphatic heterocycles. The SMILES string of the molecule is CCN(C(C)CCc1c[nH]c2ccc(F)cc12)C1COc2c(F)ccc(C(N)=O)c2C1. The second kappa shape index (κ2) is 8.67. The van der Waals surface area contributed by atoms with Crippen LogP contribution in [0.4, 0.5) is 8.78 Å². The minimum Gasteiger partial charge on any atom is -0.489 e. The zero-order chi connectivity index (χ0) is 22.1. The van der Waals surface area contributed by atoms with Gasteiger partial charge in [0.15, 0.2) is 11.6 Å². The van der Waals surface area contributed by atoms with E-state index in [1.165, 1.54) is 18.2 Å². The average molecular weight is 427 g/mol. The number of aromatic amines is 1. The number of rotatable bonds is 7. The highest BCUT2D eigenvalue weighted by molar-refractivity contribution is 5.95. The summed E-state index contributed by atoms with van der Waals surface area (Å²) >= 11 is 0. The van der Waals surface area contributed by atoms with Crippen molar-refractivity contribution in [1.82, 2.24) is 9.88 Å². The first-order valence-corrected chi connectivity index (χ1v) is 10.6. The Morgan fingerprint density at radius 3 is 2.87 bits per heavy atom. The van der Waals surface area contributed by atoms with E-state index < -0.39 is 11.7 Å². The molecule has 1 aliphatic rings. The number of fused-ring (bicyclic) bond motifs is 2. The maximum atomic E-state index is 14.2. The number of aryl methyl sites for hydroxylation is 1. The van der Waals surface area contributed by atoms with Crippen molar-refractivity contribution in [3.8, 4) is 5.75 Å². The summed E-state index contributed by atoms with van der Waals surface area (Å²) in [7, 11) is 0. The Morgan fingerprint density at radius 2 is 2.13 bits per heavy atom. The first-order chi connectivity index (χ1) is 14.9. The molecule has 164 valence electrons. The number of hydrogen-bond acceptors (Lipinski definition) is 3. The molecule has 2 heterocycles. The molecule has 0 spiro atoms. The fraction of sp³-hybridized carbons (Fsp3) is 0.375. The summed E-state index contributed by atoms with van der Waals surface area (Å²) in [5.41, 5.74) is 8.36. The smallest absolute Gasteiger partial charge is 0.249 e. The third-order valence-electron chi connectivity index (χ3n) is 6.30. The molecule has 0 saturated heterocycles. The molecule has 1 amide bonds. The van der Waals surface area contributed by atoms with Crippen LogP contribution in [0.25, 0.3) is 10.9 Å². The van der Waals surface area contributed by atoms with Crippen molar-refractivity contribution in [2.24, 2.45) is 5.73 Å². The summed E-state index contributed by atoms with van der Waals surface area (Å²) in [4.78, 5) is 17.3. The van der Waals surface area contributed by atoms with Gasteiger partial charge in [0, 0.05) is 40.3 Å². The van der Waals surface area contributed by atoms with Gasteiger partial charge < -0.3 is 15.5 Å². The highest BCUT2D eigenvalue weighted by Crippen LogP contribution is 2.33. The number of ether oxygens (including phenoxy) is 1. The van der Waals surface area contributed by atoms with Crippen LogP contribution in [0.3, 0.4) is 0 Å². The van der Waals surface area contributed by atoms with Crippen LogP contribution in [0.2, 0.25) is 0 Å². The van der Waals surface area contributed by atoms with E-state index in [4.69, 9.17) is 10.5 Å². The fourth-order valence-corrected chi connectivity index (χ4v) is 4.69. The molecule has 3 N–H and O–H groups in total. The molecular weight excluding hydrogens is 400 g/mol. The molecule has 0 fully saturated rings. The number of nitrogens with zero attached hydrogens (tertiary/aromatic N) is 1. The van der Waals surface area contributed by atoms with E-state index >= 15 is 0 Å². The molecule has 2 atom stereocenters. The van der Waals surface area contributed by atoms with Crippen molar-refractivity contribution in [1.29, 1.82) is 0 Å². The molecule has 1 aromatic heterocycles. The molecule has 0 bridgehead atoms. The van der Waals surface area contributed by atoms with Crippen molar-refractivity contribution < 1.29 is 18.3 Å². The quantitative estimate of drug-likeness (QED) is 0.594. The van der Waals surface area contributed by atoms with E-state index in [2.05, 4.69) is 23.7 Å². The van der Waals surface area contributed by atoms with E-state index in [9.17, 15) is 13.6 Å². The van der Waals surface area contributed by atoms with E-state index in [0.717, 1.165) is 35.9 Å². The second-order valence-corrected chi connectivity index (χ2v) is 8.16. The lowest BCUT2D eigenvalue weighted by molar-refractivity contribution is 0.0842. The number of benzene rings is 2. The number of carbonyl (C=O) groups is 1. The summed E-state index contributed by atoms with van der Waals surface area (Å²) in [6.45, 7) is 5.36. The first-order valence-electron chi connectivity index (χ1n) is 10.6. The summed E-state index contributed by atoms with van der Waals surface area (Å²) in [5, 5.41) is 0.909. The van der Waals surface area contributed by atoms with Crippen molar-refractivity contribution >= 4 is 16.8 Å². The van der Waals surface area contributed by atoms with Gasteiger partial charge in [-0.15, -0.1) is 0 Å². The zero-order valence-electron chi connectivity index (χ0n) is 17.8. The molecule has 4 rings (SSSR count). The van der Waals surface area contributed by atoms with E-state index in [1.807, 2.05) is 6.20 Å². The number of hydrogen-bond donors (Lipinski definition) is 2. The Bertz CT molecular complexity index is 1110. The standard InChI is InChI=1S/C24H27F2N3O2/c1-3-29(14(2)4-5-15-12-28-22-9-6-16(25)10-19(15)22)17-11-20-18(24(27)30)7-8-21(26)23(20)31-13-17/h6-10,12,14,17,28H,3-5,11,13H2,1-2H3,(H2,27,30). The Morgan fingerprint density at radius 1 is 1.32 bits per heavy atom. The molecule has 7 heteroatoms. The van der Waals surface area contributed by atoms with Crippen LogP contribution in [0, 0.1) is 11.6 Å². The van der Waals surface area contributed by atoms with Crippen LogP contribution in [-0.2, 0) is 12.8 Å². The number of likely N-dealkylation sites (N-methyl/N-ethyl adjacent to an activating group) is 1. The van der Waals surface area contributed by atoms with Gasteiger partial charge in [0.1, 0.15) is 12.4 Å². The number of nitrogens with two attached hydrogens (primary N) is 1. The lowest BCUT2D eigenvalue weighted by atomic mass is 9.94. The van der Waals surface area contributed by atoms with Crippen LogP contribution in [-0.4, -0.2) is 41.0 Å². The molecule has 5 nitrogen and oxygen atoms in total. The minimum absolute atomic E-state index is 0.00723. The number of aromatic nitrogens is 1. The van der Waals surface area contributed by atoms with E-state index in [0.29, 0.717) is 24.2 Å². The maximum absolute atomic E-state index is 14.2. The Balaban J connectivity index is 1.49. The molecule has 2 unspecified atom stereocenters. The first kappa shape index (κ1) is 21.3.